The summed E-state index contributed by atoms with van der Waals surface area (Å²) in [4.78, 5) is 5.29. The van der Waals surface area contributed by atoms with E-state index in [2.05, 4.69) is 163 Å². The molecule has 57 heavy (non-hydrogen) atoms. The fraction of sp³-hybridized carbons (Fsp3) is 0.113. The quantitative estimate of drug-likeness (QED) is 0.123. The van der Waals surface area contributed by atoms with Crippen LogP contribution in [-0.4, -0.2) is 5.84 Å². The van der Waals surface area contributed by atoms with E-state index in [1.807, 2.05) is 42.5 Å². The Kier molecular flexibility index (Phi) is 10.2. The van der Waals surface area contributed by atoms with Crippen LogP contribution in [0.2, 0.25) is 0 Å². The van der Waals surface area contributed by atoms with Crippen LogP contribution in [0.25, 0.3) is 33.2 Å². The molecular weight excluding hydrogens is 693 g/mol. The number of fused-ring (bicyclic) bond motifs is 1. The van der Waals surface area contributed by atoms with Crippen LogP contribution in [-0.2, 0) is 5.66 Å². The zero-order valence-electron chi connectivity index (χ0n) is 32.0. The average molecular weight is 739 g/mol. The van der Waals surface area contributed by atoms with Gasteiger partial charge in [-0.3, -0.25) is 0 Å². The first-order chi connectivity index (χ1) is 28.1. The lowest BCUT2D eigenvalue weighted by Gasteiger charge is -2.27. The molecule has 6 aromatic rings. The van der Waals surface area contributed by atoms with Crippen LogP contribution >= 0.6 is 0 Å². The molecule has 1 heterocycles. The number of hydrogen-bond acceptors (Lipinski definition) is 4. The van der Waals surface area contributed by atoms with Gasteiger partial charge in [-0.25, -0.2) is 10.4 Å². The van der Waals surface area contributed by atoms with E-state index in [4.69, 9.17) is 10.7 Å². The molecule has 0 fully saturated rings. The van der Waals surface area contributed by atoms with Gasteiger partial charge in [0.25, 0.3) is 0 Å². The standard InChI is InChI=1S/C53H46N4/c54-51(42-17-7-2-8-18-42)37-44(26-25-38-15-5-1-6-16-38)39-27-29-40(30-28-39)47-35-36-48(50-24-14-13-23-49(47)50)41-31-33-46(34-32-41)53(45-21-11-4-12-22-45)55-52(56-57-53)43-19-9-3-10-20-43/h1-5,7-15,17-24,26-27,29,31-37,57H,6,16,25,28,30,54H2,(H,55,56)/b44-26+,51-37-. The second-order valence-corrected chi connectivity index (χ2v) is 14.9. The zero-order chi connectivity index (χ0) is 38.4. The molecule has 0 amide bonds. The highest BCUT2D eigenvalue weighted by Crippen LogP contribution is 2.40. The van der Waals surface area contributed by atoms with Crippen LogP contribution < -0.4 is 16.6 Å². The second-order valence-electron chi connectivity index (χ2n) is 14.9. The molecule has 1 atom stereocenters. The van der Waals surface area contributed by atoms with E-state index in [0.29, 0.717) is 0 Å². The van der Waals surface area contributed by atoms with Gasteiger partial charge in [-0.15, -0.1) is 0 Å². The lowest BCUT2D eigenvalue weighted by Crippen LogP contribution is -2.44. The number of nitrogens with one attached hydrogen (secondary N) is 2. The third kappa shape index (κ3) is 7.48. The Balaban J connectivity index is 1.03. The van der Waals surface area contributed by atoms with Crippen LogP contribution in [0.1, 0.15) is 59.9 Å². The van der Waals surface area contributed by atoms with Crippen LogP contribution in [0.5, 0.6) is 0 Å². The molecule has 0 spiro atoms. The molecule has 4 heteroatoms. The van der Waals surface area contributed by atoms with Crippen LogP contribution in [0.4, 0.5) is 0 Å². The molecule has 6 aromatic carbocycles. The van der Waals surface area contributed by atoms with E-state index < -0.39 is 5.66 Å². The number of nitrogens with two attached hydrogens (primary N) is 1. The van der Waals surface area contributed by atoms with E-state index >= 15 is 0 Å². The molecule has 0 saturated carbocycles. The molecule has 2 aliphatic carbocycles. The molecule has 0 bridgehead atoms. The summed E-state index contributed by atoms with van der Waals surface area (Å²) in [5, 5.41) is 2.51. The predicted molar refractivity (Wildman–Crippen MR) is 239 cm³/mol. The van der Waals surface area contributed by atoms with Gasteiger partial charge in [-0.1, -0.05) is 194 Å². The van der Waals surface area contributed by atoms with Gasteiger partial charge >= 0.3 is 0 Å². The minimum absolute atomic E-state index is 0.765. The number of amidine groups is 1. The fourth-order valence-corrected chi connectivity index (χ4v) is 8.28. The van der Waals surface area contributed by atoms with E-state index in [1.165, 1.54) is 49.8 Å². The van der Waals surface area contributed by atoms with E-state index in [1.54, 1.807) is 0 Å². The Morgan fingerprint density at radius 2 is 1.30 bits per heavy atom. The predicted octanol–water partition coefficient (Wildman–Crippen LogP) is 12.0. The molecule has 4 nitrogen and oxygen atoms in total. The van der Waals surface area contributed by atoms with Gasteiger partial charge in [0.05, 0.1) is 0 Å². The summed E-state index contributed by atoms with van der Waals surface area (Å²) in [6, 6.07) is 53.3. The van der Waals surface area contributed by atoms with Crippen molar-refractivity contribution >= 4 is 27.9 Å². The first-order valence-corrected chi connectivity index (χ1v) is 20.0. The monoisotopic (exact) mass is 738 g/mol. The van der Waals surface area contributed by atoms with Gasteiger partial charge in [-0.05, 0) is 87.9 Å². The summed E-state index contributed by atoms with van der Waals surface area (Å²) in [6.07, 6.45) is 20.9. The number of allylic oxidation sites excluding steroid dienone is 11. The largest absolute Gasteiger partial charge is 0.398 e. The third-order valence-electron chi connectivity index (χ3n) is 11.4. The first kappa shape index (κ1) is 35.9. The van der Waals surface area contributed by atoms with Gasteiger partial charge in [0.2, 0.25) is 0 Å². The van der Waals surface area contributed by atoms with Crippen molar-refractivity contribution in [1.82, 2.24) is 10.9 Å². The normalized spacial score (nSPS) is 18.4. The van der Waals surface area contributed by atoms with Crippen LogP contribution in [0.15, 0.2) is 216 Å². The molecule has 9 rings (SSSR count). The Morgan fingerprint density at radius 1 is 0.632 bits per heavy atom. The molecule has 0 saturated heterocycles. The number of nitrogens with zero attached hydrogens (tertiary/aromatic N) is 1. The van der Waals surface area contributed by atoms with E-state index in [9.17, 15) is 0 Å². The number of aliphatic imine (C=N–C) groups is 1. The van der Waals surface area contributed by atoms with E-state index in [0.717, 1.165) is 65.9 Å². The van der Waals surface area contributed by atoms with Crippen molar-refractivity contribution in [1.29, 1.82) is 0 Å². The summed E-state index contributed by atoms with van der Waals surface area (Å²) in [5.74, 6) is 0.818. The maximum absolute atomic E-state index is 6.69. The zero-order valence-corrected chi connectivity index (χ0v) is 32.0. The molecule has 1 unspecified atom stereocenters. The van der Waals surface area contributed by atoms with Crippen LogP contribution in [0.3, 0.4) is 0 Å². The summed E-state index contributed by atoms with van der Waals surface area (Å²) >= 11 is 0. The van der Waals surface area contributed by atoms with Crippen molar-refractivity contribution in [2.75, 3.05) is 0 Å². The molecule has 1 aliphatic heterocycles. The smallest absolute Gasteiger partial charge is 0.180 e. The number of benzene rings is 6. The molecular formula is C53H46N4. The fourth-order valence-electron chi connectivity index (χ4n) is 8.28. The summed E-state index contributed by atoms with van der Waals surface area (Å²) in [6.45, 7) is 0. The highest BCUT2D eigenvalue weighted by atomic mass is 15.5. The molecule has 0 radical (unpaired) electrons. The van der Waals surface area contributed by atoms with E-state index in [-0.39, 0.29) is 0 Å². The number of hydrazine groups is 1. The van der Waals surface area contributed by atoms with Crippen molar-refractivity contribution in [3.8, 4) is 11.1 Å². The Bertz CT molecular complexity index is 2620. The van der Waals surface area contributed by atoms with Crippen molar-refractivity contribution in [2.24, 2.45) is 10.7 Å². The van der Waals surface area contributed by atoms with Crippen LogP contribution in [0, 0.1) is 0 Å². The van der Waals surface area contributed by atoms with Crippen molar-refractivity contribution < 1.29 is 0 Å². The number of rotatable bonds is 10. The highest BCUT2D eigenvalue weighted by molar-refractivity contribution is 6.03. The average Bonchev–Trinajstić information content (AvgIpc) is 3.76. The van der Waals surface area contributed by atoms with Gasteiger partial charge < -0.3 is 11.2 Å². The maximum Gasteiger partial charge on any atom is 0.180 e. The summed E-state index contributed by atoms with van der Waals surface area (Å²) < 4.78 is 0. The minimum Gasteiger partial charge on any atom is -0.398 e. The summed E-state index contributed by atoms with van der Waals surface area (Å²) in [5.41, 5.74) is 26.9. The maximum atomic E-state index is 6.69. The minimum atomic E-state index is -0.765. The second kappa shape index (κ2) is 16.2. The highest BCUT2D eigenvalue weighted by Gasteiger charge is 2.38. The first-order valence-electron chi connectivity index (χ1n) is 20.0. The molecule has 0 aromatic heterocycles. The molecule has 3 aliphatic rings. The number of hydrogen-bond donors (Lipinski definition) is 3. The van der Waals surface area contributed by atoms with Crippen molar-refractivity contribution in [3.63, 3.8) is 0 Å². The molecule has 4 N–H and O–H groups in total. The topological polar surface area (TPSA) is 62.4 Å². The van der Waals surface area contributed by atoms with Gasteiger partial charge in [0, 0.05) is 22.4 Å². The third-order valence-corrected chi connectivity index (χ3v) is 11.4. The molecule has 278 valence electrons. The lowest BCUT2D eigenvalue weighted by atomic mass is 9.85. The van der Waals surface area contributed by atoms with Gasteiger partial charge in [0.15, 0.2) is 5.66 Å². The lowest BCUT2D eigenvalue weighted by molar-refractivity contribution is 0.434. The van der Waals surface area contributed by atoms with Crippen molar-refractivity contribution in [3.05, 3.63) is 239 Å². The Hall–Kier alpha value is -6.75. The Labute approximate surface area is 335 Å². The summed E-state index contributed by atoms with van der Waals surface area (Å²) in [7, 11) is 0. The van der Waals surface area contributed by atoms with Crippen molar-refractivity contribution in [2.45, 2.75) is 37.8 Å². The Morgan fingerprint density at radius 3 is 2.00 bits per heavy atom. The SMILES string of the molecule is N/C(=C\C(=C/CC1=CC=CCC1)C1=CC=C(c2ccc(-c3ccc(C4(c5ccccc5)N=C(c5ccccc5)NN4)cc3)c3ccccc23)CC1)c1ccccc1. The van der Waals surface area contributed by atoms with Gasteiger partial charge in [0.1, 0.15) is 5.84 Å². The van der Waals surface area contributed by atoms with Gasteiger partial charge in [-0.2, -0.15) is 0 Å².